The van der Waals surface area contributed by atoms with Crippen LogP contribution >= 0.6 is 27.3 Å². The highest BCUT2D eigenvalue weighted by molar-refractivity contribution is 9.10. The molecule has 0 atom stereocenters. The number of carbonyl (C=O) groups is 1. The van der Waals surface area contributed by atoms with Crippen molar-refractivity contribution in [2.24, 2.45) is 0 Å². The minimum Gasteiger partial charge on any atom is -0.364 e. The van der Waals surface area contributed by atoms with Gasteiger partial charge in [-0.15, -0.1) is 11.3 Å². The summed E-state index contributed by atoms with van der Waals surface area (Å²) in [4.78, 5) is 15.5. The first-order valence-corrected chi connectivity index (χ1v) is 9.12. The third-order valence-electron chi connectivity index (χ3n) is 4.03. The molecule has 1 aromatic heterocycles. The molecule has 0 saturated carbocycles. The summed E-state index contributed by atoms with van der Waals surface area (Å²) in [5.74, 6) is 0.0351. The van der Waals surface area contributed by atoms with Crippen LogP contribution in [0.1, 0.15) is 15.2 Å². The summed E-state index contributed by atoms with van der Waals surface area (Å²) in [6, 6.07) is 16.6. The number of rotatable bonds is 2. The van der Waals surface area contributed by atoms with Crippen LogP contribution in [-0.2, 0) is 6.54 Å². The lowest BCUT2D eigenvalue weighted by Gasteiger charge is -2.23. The zero-order chi connectivity index (χ0) is 15.8. The van der Waals surface area contributed by atoms with E-state index in [-0.39, 0.29) is 5.91 Å². The maximum atomic E-state index is 12.4. The lowest BCUT2D eigenvalue weighted by Crippen LogP contribution is -2.29. The molecule has 1 N–H and O–H groups in total. The maximum absolute atomic E-state index is 12.4. The Hall–Kier alpha value is -1.85. The van der Waals surface area contributed by atoms with Crippen LogP contribution in [0.2, 0.25) is 0 Å². The summed E-state index contributed by atoms with van der Waals surface area (Å²) in [7, 11) is 0. The van der Waals surface area contributed by atoms with Gasteiger partial charge in [0.1, 0.15) is 4.88 Å². The van der Waals surface area contributed by atoms with E-state index < -0.39 is 0 Å². The van der Waals surface area contributed by atoms with Crippen LogP contribution in [0, 0.1) is 0 Å². The standard InChI is InChI=1S/C18H15BrN2OS/c19-13-6-7-15-14(10-13)16-17(23-15)18(22)20-8-9-21(16)11-12-4-2-1-3-5-12/h1-7,10H,8-9,11H2,(H,20,22). The SMILES string of the molecule is O=C1NCCN(Cc2ccccc2)c2c1sc1ccc(Br)cc21. The average molecular weight is 387 g/mol. The second-order valence-electron chi connectivity index (χ2n) is 5.58. The topological polar surface area (TPSA) is 32.3 Å². The summed E-state index contributed by atoms with van der Waals surface area (Å²) >= 11 is 5.12. The van der Waals surface area contributed by atoms with Gasteiger partial charge in [0.05, 0.1) is 5.69 Å². The van der Waals surface area contributed by atoms with Crippen molar-refractivity contribution in [2.45, 2.75) is 6.54 Å². The third-order valence-corrected chi connectivity index (χ3v) is 5.68. The molecule has 0 bridgehead atoms. The molecule has 0 aliphatic carbocycles. The van der Waals surface area contributed by atoms with Crippen LogP contribution in [0.25, 0.3) is 10.1 Å². The van der Waals surface area contributed by atoms with Crippen LogP contribution in [-0.4, -0.2) is 19.0 Å². The van der Waals surface area contributed by atoms with Crippen molar-refractivity contribution in [3.05, 3.63) is 63.4 Å². The number of hydrogen-bond acceptors (Lipinski definition) is 3. The summed E-state index contributed by atoms with van der Waals surface area (Å²) < 4.78 is 2.18. The molecular formula is C18H15BrN2OS. The number of amides is 1. The van der Waals surface area contributed by atoms with Gasteiger partial charge < -0.3 is 10.2 Å². The number of nitrogens with zero attached hydrogens (tertiary/aromatic N) is 1. The highest BCUT2D eigenvalue weighted by atomic mass is 79.9. The van der Waals surface area contributed by atoms with Gasteiger partial charge in [-0.2, -0.15) is 0 Å². The molecule has 2 aromatic carbocycles. The largest absolute Gasteiger partial charge is 0.364 e. The van der Waals surface area contributed by atoms with E-state index in [4.69, 9.17) is 0 Å². The predicted molar refractivity (Wildman–Crippen MR) is 99.4 cm³/mol. The molecule has 0 saturated heterocycles. The minimum atomic E-state index is 0.0351. The van der Waals surface area contributed by atoms with Crippen LogP contribution in [0.4, 0.5) is 5.69 Å². The van der Waals surface area contributed by atoms with Crippen LogP contribution in [0.15, 0.2) is 53.0 Å². The Morgan fingerprint density at radius 2 is 2.00 bits per heavy atom. The molecule has 2 heterocycles. The average Bonchev–Trinajstić information content (AvgIpc) is 2.86. The second-order valence-corrected chi connectivity index (χ2v) is 7.55. The Morgan fingerprint density at radius 1 is 1.17 bits per heavy atom. The van der Waals surface area contributed by atoms with Gasteiger partial charge in [0.15, 0.2) is 0 Å². The van der Waals surface area contributed by atoms with E-state index in [9.17, 15) is 4.79 Å². The normalized spacial score (nSPS) is 14.5. The lowest BCUT2D eigenvalue weighted by molar-refractivity contribution is 0.0962. The number of thiophene rings is 1. The Kier molecular flexibility index (Phi) is 3.83. The van der Waals surface area contributed by atoms with Crippen molar-refractivity contribution < 1.29 is 4.79 Å². The number of carbonyl (C=O) groups excluding carboxylic acids is 1. The molecule has 3 aromatic rings. The maximum Gasteiger partial charge on any atom is 0.263 e. The Morgan fingerprint density at radius 3 is 2.83 bits per heavy atom. The molecule has 0 fully saturated rings. The molecule has 1 aliphatic rings. The van der Waals surface area contributed by atoms with Crippen LogP contribution < -0.4 is 10.2 Å². The summed E-state index contributed by atoms with van der Waals surface area (Å²) in [6.45, 7) is 2.29. The first-order valence-electron chi connectivity index (χ1n) is 7.51. The lowest BCUT2D eigenvalue weighted by atomic mass is 10.1. The second kappa shape index (κ2) is 5.98. The van der Waals surface area contributed by atoms with Gasteiger partial charge in [0.2, 0.25) is 0 Å². The zero-order valence-corrected chi connectivity index (χ0v) is 14.8. The van der Waals surface area contributed by atoms with Gasteiger partial charge in [-0.3, -0.25) is 4.79 Å². The van der Waals surface area contributed by atoms with E-state index in [1.165, 1.54) is 5.56 Å². The minimum absolute atomic E-state index is 0.0351. The molecule has 116 valence electrons. The molecule has 4 rings (SSSR count). The molecule has 1 amide bonds. The summed E-state index contributed by atoms with van der Waals surface area (Å²) in [6.07, 6.45) is 0. The van der Waals surface area contributed by atoms with E-state index in [2.05, 4.69) is 62.5 Å². The Labute approximate surface area is 147 Å². The summed E-state index contributed by atoms with van der Waals surface area (Å²) in [5.41, 5.74) is 2.31. The number of nitrogens with one attached hydrogen (secondary N) is 1. The molecule has 0 spiro atoms. The highest BCUT2D eigenvalue weighted by Gasteiger charge is 2.26. The number of anilines is 1. The van der Waals surface area contributed by atoms with E-state index >= 15 is 0 Å². The fraction of sp³-hybridized carbons (Fsp3) is 0.167. The number of hydrogen-bond donors (Lipinski definition) is 1. The van der Waals surface area contributed by atoms with E-state index in [0.29, 0.717) is 6.54 Å². The number of benzene rings is 2. The molecule has 0 radical (unpaired) electrons. The van der Waals surface area contributed by atoms with Gasteiger partial charge in [-0.1, -0.05) is 46.3 Å². The first kappa shape index (κ1) is 14.7. The van der Waals surface area contributed by atoms with Crippen LogP contribution in [0.5, 0.6) is 0 Å². The monoisotopic (exact) mass is 386 g/mol. The number of fused-ring (bicyclic) bond motifs is 3. The molecule has 3 nitrogen and oxygen atoms in total. The van der Waals surface area contributed by atoms with Crippen molar-refractivity contribution in [3.8, 4) is 0 Å². The molecule has 1 aliphatic heterocycles. The van der Waals surface area contributed by atoms with Gasteiger partial charge in [0.25, 0.3) is 5.91 Å². The van der Waals surface area contributed by atoms with E-state index in [1.54, 1.807) is 11.3 Å². The number of halogens is 1. The van der Waals surface area contributed by atoms with Crippen molar-refractivity contribution in [3.63, 3.8) is 0 Å². The van der Waals surface area contributed by atoms with Gasteiger partial charge in [-0.25, -0.2) is 0 Å². The summed E-state index contributed by atoms with van der Waals surface area (Å²) in [5, 5.41) is 4.16. The van der Waals surface area contributed by atoms with Crippen LogP contribution in [0.3, 0.4) is 0 Å². The Bertz CT molecular complexity index is 875. The predicted octanol–water partition coefficient (Wildman–Crippen LogP) is 4.41. The highest BCUT2D eigenvalue weighted by Crippen LogP contribution is 2.40. The molecule has 0 unspecified atom stereocenters. The first-order chi connectivity index (χ1) is 11.2. The zero-order valence-electron chi connectivity index (χ0n) is 12.4. The molecular weight excluding hydrogens is 372 g/mol. The molecule has 23 heavy (non-hydrogen) atoms. The van der Waals surface area contributed by atoms with E-state index in [1.807, 2.05) is 12.1 Å². The van der Waals surface area contributed by atoms with Gasteiger partial charge >= 0.3 is 0 Å². The van der Waals surface area contributed by atoms with Gasteiger partial charge in [0, 0.05) is 34.2 Å². The molecule has 5 heteroatoms. The van der Waals surface area contributed by atoms with Crippen molar-refractivity contribution >= 4 is 48.9 Å². The van der Waals surface area contributed by atoms with Crippen molar-refractivity contribution in [1.82, 2.24) is 5.32 Å². The smallest absolute Gasteiger partial charge is 0.263 e. The van der Waals surface area contributed by atoms with Gasteiger partial charge in [-0.05, 0) is 23.8 Å². The quantitative estimate of drug-likeness (QED) is 0.706. The van der Waals surface area contributed by atoms with Crippen molar-refractivity contribution in [1.29, 1.82) is 0 Å². The fourth-order valence-electron chi connectivity index (χ4n) is 2.98. The third kappa shape index (κ3) is 2.75. The fourth-order valence-corrected chi connectivity index (χ4v) is 4.47. The van der Waals surface area contributed by atoms with Crippen molar-refractivity contribution in [2.75, 3.05) is 18.0 Å². The Balaban J connectivity index is 1.86. The van der Waals surface area contributed by atoms with E-state index in [0.717, 1.165) is 38.2 Å².